The maximum absolute atomic E-state index is 9.26. The van der Waals surface area contributed by atoms with Crippen molar-refractivity contribution < 1.29 is 0 Å². The maximum atomic E-state index is 9.26. The van der Waals surface area contributed by atoms with Gasteiger partial charge in [-0.05, 0) is 73.4 Å². The van der Waals surface area contributed by atoms with Crippen LogP contribution in [-0.4, -0.2) is 0 Å². The third-order valence-electron chi connectivity index (χ3n) is 4.03. The van der Waals surface area contributed by atoms with Gasteiger partial charge in [0.15, 0.2) is 0 Å². The van der Waals surface area contributed by atoms with Gasteiger partial charge in [0, 0.05) is 19.5 Å². The van der Waals surface area contributed by atoms with E-state index in [0.29, 0.717) is 5.57 Å². The highest BCUT2D eigenvalue weighted by molar-refractivity contribution is 7.13. The Bertz CT molecular complexity index is 1000. The van der Waals surface area contributed by atoms with Gasteiger partial charge < -0.3 is 0 Å². The molecule has 0 saturated carbocycles. The van der Waals surface area contributed by atoms with Crippen molar-refractivity contribution in [3.05, 3.63) is 102 Å². The minimum absolute atomic E-state index is 0.130. The first kappa shape index (κ1) is 18.9. The second kappa shape index (κ2) is 8.64. The van der Waals surface area contributed by atoms with Crippen LogP contribution >= 0.6 is 22.7 Å². The van der Waals surface area contributed by atoms with Crippen molar-refractivity contribution in [2.75, 3.05) is 0 Å². The average Bonchev–Trinajstić information content (AvgIpc) is 3.27. The number of hydrogen-bond acceptors (Lipinski definition) is 3. The minimum Gasteiger partial charge on any atom is -0.226 e. The van der Waals surface area contributed by atoms with Gasteiger partial charge in [-0.25, -0.2) is 10.1 Å². The van der Waals surface area contributed by atoms with Crippen LogP contribution in [0, 0.1) is 31.8 Å². The Labute approximate surface area is 168 Å². The number of nitrogens with zero attached hydrogens (tertiary/aromatic N) is 2. The molecule has 2 aromatic heterocycles. The molecule has 27 heavy (non-hydrogen) atoms. The Morgan fingerprint density at radius 2 is 1.48 bits per heavy atom. The fraction of sp³-hybridized carbons (Fsp3) is 0.130. The summed E-state index contributed by atoms with van der Waals surface area (Å²) < 4.78 is 0. The molecule has 1 aliphatic carbocycles. The van der Waals surface area contributed by atoms with E-state index in [4.69, 9.17) is 6.57 Å². The highest BCUT2D eigenvalue weighted by Crippen LogP contribution is 2.28. The Morgan fingerprint density at radius 3 is 1.85 bits per heavy atom. The lowest BCUT2D eigenvalue weighted by Gasteiger charge is -2.12. The largest absolute Gasteiger partial charge is 0.268 e. The monoisotopic (exact) mass is 386 g/mol. The van der Waals surface area contributed by atoms with Crippen LogP contribution in [0.15, 0.2) is 71.0 Å². The molecular formula is C23H18N2S2. The van der Waals surface area contributed by atoms with Crippen LogP contribution in [0.4, 0.5) is 0 Å². The van der Waals surface area contributed by atoms with Gasteiger partial charge in [0.2, 0.25) is 0 Å². The van der Waals surface area contributed by atoms with Gasteiger partial charge in [-0.15, -0.1) is 22.7 Å². The van der Waals surface area contributed by atoms with Crippen LogP contribution < -0.4 is 0 Å². The number of rotatable bonds is 4. The van der Waals surface area contributed by atoms with E-state index in [1.807, 2.05) is 18.2 Å². The zero-order valence-corrected chi connectivity index (χ0v) is 16.8. The topological polar surface area (TPSA) is 28.1 Å². The Morgan fingerprint density at radius 1 is 0.963 bits per heavy atom. The normalized spacial score (nSPS) is 14.1. The first-order chi connectivity index (χ1) is 13.1. The van der Waals surface area contributed by atoms with Crippen LogP contribution in [0.2, 0.25) is 0 Å². The van der Waals surface area contributed by atoms with Crippen LogP contribution in [-0.2, 0) is 0 Å². The summed E-state index contributed by atoms with van der Waals surface area (Å²) in [4.78, 5) is 8.34. The highest BCUT2D eigenvalue weighted by atomic mass is 32.1. The van der Waals surface area contributed by atoms with Crippen molar-refractivity contribution in [2.24, 2.45) is 0 Å². The molecule has 0 unspecified atom stereocenters. The quantitative estimate of drug-likeness (QED) is 0.406. The first-order valence-electron chi connectivity index (χ1n) is 8.49. The van der Waals surface area contributed by atoms with Gasteiger partial charge in [-0.3, -0.25) is 0 Å². The Balaban J connectivity index is 1.90. The summed E-state index contributed by atoms with van der Waals surface area (Å²) in [6.45, 7) is 11.4. The molecule has 0 atom stereocenters. The van der Waals surface area contributed by atoms with E-state index < -0.39 is 0 Å². The maximum Gasteiger partial charge on any atom is 0.268 e. The van der Waals surface area contributed by atoms with Crippen molar-refractivity contribution in [1.29, 1.82) is 5.26 Å². The second-order valence-corrected chi connectivity index (χ2v) is 8.85. The predicted octanol–water partition coefficient (Wildman–Crippen LogP) is 7.11. The summed E-state index contributed by atoms with van der Waals surface area (Å²) in [6.07, 6.45) is 13.0. The van der Waals surface area contributed by atoms with Crippen molar-refractivity contribution in [3.63, 3.8) is 0 Å². The third-order valence-corrected chi connectivity index (χ3v) is 5.96. The fourth-order valence-electron chi connectivity index (χ4n) is 2.75. The molecular weight excluding hydrogens is 368 g/mol. The number of hydrogen-bond donors (Lipinski definition) is 0. The van der Waals surface area contributed by atoms with E-state index in [2.05, 4.69) is 67.3 Å². The number of aryl methyl sites for hydroxylation is 2. The molecule has 2 nitrogen and oxygen atoms in total. The van der Waals surface area contributed by atoms with Crippen molar-refractivity contribution in [1.82, 2.24) is 0 Å². The molecule has 0 aliphatic heterocycles. The van der Waals surface area contributed by atoms with E-state index >= 15 is 0 Å². The summed E-state index contributed by atoms with van der Waals surface area (Å²) in [6, 6.07) is 10.4. The Hall–Kier alpha value is -2.92. The molecule has 0 fully saturated rings. The van der Waals surface area contributed by atoms with Gasteiger partial charge in [0.05, 0.1) is 12.6 Å². The summed E-state index contributed by atoms with van der Waals surface area (Å²) in [5.74, 6) is 0. The van der Waals surface area contributed by atoms with E-state index in [1.165, 1.54) is 19.5 Å². The summed E-state index contributed by atoms with van der Waals surface area (Å²) in [7, 11) is 0. The molecule has 0 aromatic carbocycles. The molecule has 0 bridgehead atoms. The van der Waals surface area contributed by atoms with Crippen LogP contribution in [0.5, 0.6) is 0 Å². The second-order valence-electron chi connectivity index (χ2n) is 6.21. The fourth-order valence-corrected chi connectivity index (χ4v) is 4.31. The molecule has 3 rings (SSSR count). The number of thiophene rings is 2. The summed E-state index contributed by atoms with van der Waals surface area (Å²) in [5, 5.41) is 9.26. The molecule has 132 valence electrons. The zero-order valence-electron chi connectivity index (χ0n) is 15.2. The lowest BCUT2D eigenvalue weighted by atomic mass is 9.93. The molecule has 0 saturated heterocycles. The minimum atomic E-state index is 0.130. The molecule has 1 aliphatic rings. The van der Waals surface area contributed by atoms with E-state index in [9.17, 15) is 5.26 Å². The molecule has 0 spiro atoms. The summed E-state index contributed by atoms with van der Waals surface area (Å²) in [5.41, 5.74) is 3.00. The number of nitriles is 1. The SMILES string of the molecule is [C-]#[N+]C(C#N)=C1C=C(/C=C/c2ccc(C)s2)CC(/C=C/c2ccc(C)s2)=C1. The van der Waals surface area contributed by atoms with E-state index in [-0.39, 0.29) is 5.70 Å². The van der Waals surface area contributed by atoms with Crippen LogP contribution in [0.1, 0.15) is 25.9 Å². The van der Waals surface area contributed by atoms with Crippen LogP contribution in [0.3, 0.4) is 0 Å². The van der Waals surface area contributed by atoms with Crippen LogP contribution in [0.25, 0.3) is 17.0 Å². The third kappa shape index (κ3) is 5.05. The molecule has 0 amide bonds. The standard InChI is InChI=1S/C23H18N2S2/c1-16-4-8-21(26-16)10-6-18-12-19(7-11-22-9-5-17(2)27-22)14-20(13-18)23(15-24)25-3/h4-11,13-14H,12H2,1-2H3/b10-6+,11-7+. The van der Waals surface area contributed by atoms with Gasteiger partial charge in [-0.1, -0.05) is 24.3 Å². The molecule has 4 heteroatoms. The van der Waals surface area contributed by atoms with E-state index in [0.717, 1.165) is 17.6 Å². The van der Waals surface area contributed by atoms with E-state index in [1.54, 1.807) is 22.7 Å². The van der Waals surface area contributed by atoms with Crippen molar-refractivity contribution in [2.45, 2.75) is 20.3 Å². The highest BCUT2D eigenvalue weighted by Gasteiger charge is 2.11. The van der Waals surface area contributed by atoms with Crippen molar-refractivity contribution in [3.8, 4) is 6.07 Å². The zero-order chi connectivity index (χ0) is 19.2. The predicted molar refractivity (Wildman–Crippen MR) is 116 cm³/mol. The average molecular weight is 387 g/mol. The van der Waals surface area contributed by atoms with Crippen molar-refractivity contribution >= 4 is 34.8 Å². The van der Waals surface area contributed by atoms with Gasteiger partial charge in [0.25, 0.3) is 5.70 Å². The van der Waals surface area contributed by atoms with Gasteiger partial charge in [-0.2, -0.15) is 0 Å². The van der Waals surface area contributed by atoms with Gasteiger partial charge >= 0.3 is 0 Å². The smallest absolute Gasteiger partial charge is 0.226 e. The number of allylic oxidation sites excluding steroid dienone is 8. The lowest BCUT2D eigenvalue weighted by Crippen LogP contribution is -1.94. The lowest BCUT2D eigenvalue weighted by molar-refractivity contribution is 1.17. The molecule has 2 heterocycles. The molecule has 0 radical (unpaired) electrons. The van der Waals surface area contributed by atoms with Gasteiger partial charge in [0.1, 0.15) is 0 Å². The summed E-state index contributed by atoms with van der Waals surface area (Å²) >= 11 is 3.50. The Kier molecular flexibility index (Phi) is 6.04. The molecule has 2 aromatic rings. The first-order valence-corrected chi connectivity index (χ1v) is 10.1. The molecule has 0 N–H and O–H groups in total.